The van der Waals surface area contributed by atoms with Crippen LogP contribution in [-0.4, -0.2) is 34.6 Å². The average Bonchev–Trinajstić information content (AvgIpc) is 3.11. The number of hydrogen-bond donors (Lipinski definition) is 1. The third kappa shape index (κ3) is 3.90. The monoisotopic (exact) mass is 378 g/mol. The van der Waals surface area contributed by atoms with E-state index in [1.807, 2.05) is 0 Å². The number of aromatic nitrogens is 2. The van der Waals surface area contributed by atoms with Crippen molar-refractivity contribution in [3.63, 3.8) is 0 Å². The minimum absolute atomic E-state index is 0.404. The first-order valence-corrected chi connectivity index (χ1v) is 10.5. The van der Waals surface area contributed by atoms with E-state index in [2.05, 4.69) is 53.0 Å². The van der Waals surface area contributed by atoms with Gasteiger partial charge in [-0.3, -0.25) is 4.90 Å². The van der Waals surface area contributed by atoms with Crippen molar-refractivity contribution >= 4 is 11.4 Å². The van der Waals surface area contributed by atoms with Crippen molar-refractivity contribution in [1.82, 2.24) is 14.9 Å². The summed E-state index contributed by atoms with van der Waals surface area (Å²) in [7, 11) is 0. The smallest absolute Gasteiger partial charge is 0.318 e. The van der Waals surface area contributed by atoms with Gasteiger partial charge in [0.05, 0.1) is 12.3 Å². The number of nitrogens with two attached hydrogens (primary N) is 1. The average molecular weight is 379 g/mol. The van der Waals surface area contributed by atoms with Gasteiger partial charge >= 0.3 is 6.01 Å². The molecule has 2 heterocycles. The SMILES string of the molecule is CCCCOc1nc(N)c2c(n1)C(Cc1ccc3c(c1)CN(CC)CC3)=CC2. The lowest BCUT2D eigenvalue weighted by atomic mass is 9.94. The van der Waals surface area contributed by atoms with Crippen molar-refractivity contribution in [3.05, 3.63) is 52.2 Å². The Morgan fingerprint density at radius 3 is 2.89 bits per heavy atom. The first-order valence-electron chi connectivity index (χ1n) is 10.5. The maximum Gasteiger partial charge on any atom is 0.318 e. The van der Waals surface area contributed by atoms with E-state index in [1.54, 1.807) is 0 Å². The normalized spacial score (nSPS) is 15.9. The van der Waals surface area contributed by atoms with Gasteiger partial charge in [-0.15, -0.1) is 0 Å². The minimum atomic E-state index is 0.404. The Morgan fingerprint density at radius 2 is 2.07 bits per heavy atom. The molecule has 1 aliphatic carbocycles. The molecule has 5 nitrogen and oxygen atoms in total. The molecule has 0 saturated heterocycles. The third-order valence-corrected chi connectivity index (χ3v) is 5.81. The maximum absolute atomic E-state index is 6.18. The summed E-state index contributed by atoms with van der Waals surface area (Å²) in [5.41, 5.74) is 13.7. The fourth-order valence-electron chi connectivity index (χ4n) is 4.07. The minimum Gasteiger partial charge on any atom is -0.463 e. The lowest BCUT2D eigenvalue weighted by molar-refractivity contribution is 0.268. The van der Waals surface area contributed by atoms with Crippen LogP contribution in [-0.2, 0) is 25.8 Å². The van der Waals surface area contributed by atoms with Gasteiger partial charge in [0, 0.05) is 18.7 Å². The van der Waals surface area contributed by atoms with E-state index in [0.717, 1.165) is 56.5 Å². The molecule has 0 amide bonds. The van der Waals surface area contributed by atoms with Crippen LogP contribution >= 0.6 is 0 Å². The molecule has 4 rings (SSSR count). The van der Waals surface area contributed by atoms with Crippen molar-refractivity contribution in [2.45, 2.75) is 52.5 Å². The van der Waals surface area contributed by atoms with E-state index in [0.29, 0.717) is 18.4 Å². The van der Waals surface area contributed by atoms with E-state index in [-0.39, 0.29) is 0 Å². The van der Waals surface area contributed by atoms with Crippen LogP contribution in [0.25, 0.3) is 5.57 Å². The summed E-state index contributed by atoms with van der Waals surface area (Å²) in [5.74, 6) is 0.548. The Hall–Kier alpha value is -2.40. The Balaban J connectivity index is 1.53. The first kappa shape index (κ1) is 18.9. The van der Waals surface area contributed by atoms with Crippen molar-refractivity contribution in [1.29, 1.82) is 0 Å². The molecule has 0 fully saturated rings. The van der Waals surface area contributed by atoms with Gasteiger partial charge < -0.3 is 10.5 Å². The van der Waals surface area contributed by atoms with Crippen LogP contribution in [0.5, 0.6) is 6.01 Å². The molecule has 2 aromatic rings. The molecule has 0 atom stereocenters. The molecule has 0 bridgehead atoms. The molecule has 1 aliphatic heterocycles. The second-order valence-corrected chi connectivity index (χ2v) is 7.75. The third-order valence-electron chi connectivity index (χ3n) is 5.81. The van der Waals surface area contributed by atoms with Crippen LogP contribution in [0.3, 0.4) is 0 Å². The number of benzene rings is 1. The number of rotatable bonds is 7. The molecule has 0 saturated carbocycles. The Bertz CT molecular complexity index is 890. The molecule has 148 valence electrons. The Morgan fingerprint density at radius 1 is 1.18 bits per heavy atom. The number of nitrogen functional groups attached to an aromatic ring is 1. The second kappa shape index (κ2) is 8.31. The van der Waals surface area contributed by atoms with Gasteiger partial charge in [0.15, 0.2) is 0 Å². The molecule has 2 N–H and O–H groups in total. The van der Waals surface area contributed by atoms with E-state index in [1.165, 1.54) is 28.8 Å². The largest absolute Gasteiger partial charge is 0.463 e. The van der Waals surface area contributed by atoms with Gasteiger partial charge in [-0.2, -0.15) is 9.97 Å². The summed E-state index contributed by atoms with van der Waals surface area (Å²) in [6, 6.07) is 7.35. The first-order chi connectivity index (χ1) is 13.7. The van der Waals surface area contributed by atoms with E-state index < -0.39 is 0 Å². The van der Waals surface area contributed by atoms with E-state index >= 15 is 0 Å². The van der Waals surface area contributed by atoms with Crippen LogP contribution in [0.1, 0.15) is 54.6 Å². The Labute approximate surface area is 167 Å². The fraction of sp³-hybridized carbons (Fsp3) is 0.478. The zero-order chi connectivity index (χ0) is 19.5. The predicted molar refractivity (Wildman–Crippen MR) is 113 cm³/mol. The van der Waals surface area contributed by atoms with E-state index in [4.69, 9.17) is 10.5 Å². The van der Waals surface area contributed by atoms with Gasteiger partial charge in [0.25, 0.3) is 0 Å². The zero-order valence-corrected chi connectivity index (χ0v) is 17.0. The number of nitrogens with zero attached hydrogens (tertiary/aromatic N) is 3. The zero-order valence-electron chi connectivity index (χ0n) is 17.0. The number of unbranched alkanes of at least 4 members (excludes halogenated alkanes) is 1. The summed E-state index contributed by atoms with van der Waals surface area (Å²) in [6.45, 7) is 8.34. The molecule has 2 aliphatic rings. The van der Waals surface area contributed by atoms with Gasteiger partial charge in [-0.05, 0) is 54.5 Å². The molecule has 0 radical (unpaired) electrons. The number of allylic oxidation sites excluding steroid dienone is 2. The summed E-state index contributed by atoms with van der Waals surface area (Å²) < 4.78 is 5.71. The topological polar surface area (TPSA) is 64.3 Å². The molecule has 28 heavy (non-hydrogen) atoms. The van der Waals surface area contributed by atoms with Crippen molar-refractivity contribution in [2.75, 3.05) is 25.4 Å². The molecule has 1 aromatic carbocycles. The lowest BCUT2D eigenvalue weighted by Crippen LogP contribution is -2.30. The van der Waals surface area contributed by atoms with Crippen LogP contribution < -0.4 is 10.5 Å². The maximum atomic E-state index is 6.18. The van der Waals surface area contributed by atoms with E-state index in [9.17, 15) is 0 Å². The standard InChI is InChI=1S/C23H30N4O/c1-3-5-12-28-23-25-21-18(8-9-20(21)22(24)26-23)13-16-6-7-17-10-11-27(4-2)15-19(17)14-16/h6-8,14H,3-5,9-13,15H2,1-2H3,(H2,24,25,26). The van der Waals surface area contributed by atoms with Crippen LogP contribution in [0.2, 0.25) is 0 Å². The quantitative estimate of drug-likeness (QED) is 0.743. The van der Waals surface area contributed by atoms with Crippen LogP contribution in [0.4, 0.5) is 5.82 Å². The highest BCUT2D eigenvalue weighted by molar-refractivity contribution is 5.75. The number of anilines is 1. The van der Waals surface area contributed by atoms with Crippen molar-refractivity contribution < 1.29 is 4.74 Å². The number of ether oxygens (including phenoxy) is 1. The highest BCUT2D eigenvalue weighted by atomic mass is 16.5. The summed E-state index contributed by atoms with van der Waals surface area (Å²) in [5, 5.41) is 0. The number of hydrogen-bond acceptors (Lipinski definition) is 5. The van der Waals surface area contributed by atoms with Gasteiger partial charge in [0.1, 0.15) is 5.82 Å². The van der Waals surface area contributed by atoms with Crippen LogP contribution in [0.15, 0.2) is 24.3 Å². The molecule has 0 spiro atoms. The summed E-state index contributed by atoms with van der Waals surface area (Å²) >= 11 is 0. The highest BCUT2D eigenvalue weighted by Crippen LogP contribution is 2.33. The number of likely N-dealkylation sites (N-methyl/N-ethyl adjacent to an activating group) is 1. The molecule has 5 heteroatoms. The molecular formula is C23H30N4O. The molecule has 1 aromatic heterocycles. The van der Waals surface area contributed by atoms with Gasteiger partial charge in [0.2, 0.25) is 0 Å². The second-order valence-electron chi connectivity index (χ2n) is 7.75. The predicted octanol–water partition coefficient (Wildman–Crippen LogP) is 3.80. The molecular weight excluding hydrogens is 348 g/mol. The van der Waals surface area contributed by atoms with Crippen molar-refractivity contribution in [2.24, 2.45) is 0 Å². The summed E-state index contributed by atoms with van der Waals surface area (Å²) in [6.07, 6.45) is 7.14. The van der Waals surface area contributed by atoms with Crippen LogP contribution in [0, 0.1) is 0 Å². The summed E-state index contributed by atoms with van der Waals surface area (Å²) in [4.78, 5) is 11.5. The fourth-order valence-corrected chi connectivity index (χ4v) is 4.07. The highest BCUT2D eigenvalue weighted by Gasteiger charge is 2.22. The number of fused-ring (bicyclic) bond motifs is 2. The van der Waals surface area contributed by atoms with Gasteiger partial charge in [-0.1, -0.05) is 44.5 Å². The van der Waals surface area contributed by atoms with Crippen molar-refractivity contribution in [3.8, 4) is 6.01 Å². The Kier molecular flexibility index (Phi) is 5.62. The van der Waals surface area contributed by atoms with Gasteiger partial charge in [-0.25, -0.2) is 0 Å². The lowest BCUT2D eigenvalue weighted by Gasteiger charge is -2.28. The molecule has 0 unspecified atom stereocenters.